The van der Waals surface area contributed by atoms with Crippen molar-refractivity contribution >= 4 is 35.6 Å². The standard InChI is InChI=1S/C44H81N3O13/c1-43(2,3)59-41(53)22-20-18-16-14-12-10-8-7-9-11-13-15-17-19-21-38(49)47-36(42(54)60-44(4,5)6)23-24-37(48)45-26-29-57-33-34-58-35-39(50)46-27-30-56-32-31-55-28-25-40(51)52/h36H,7-35H2,1-6H3,(H,45,48)(H,46,50)(H,47,49)(H,51,52)/t36-/m0/s1. The molecule has 0 aliphatic carbocycles. The minimum Gasteiger partial charge on any atom is -0.481 e. The van der Waals surface area contributed by atoms with Crippen molar-refractivity contribution in [3.63, 3.8) is 0 Å². The predicted molar refractivity (Wildman–Crippen MR) is 228 cm³/mol. The Labute approximate surface area is 360 Å². The van der Waals surface area contributed by atoms with E-state index in [0.717, 1.165) is 38.5 Å². The Kier molecular flexibility index (Phi) is 34.3. The number of carboxylic acids is 1. The van der Waals surface area contributed by atoms with Gasteiger partial charge in [-0.15, -0.1) is 0 Å². The van der Waals surface area contributed by atoms with Crippen molar-refractivity contribution in [3.05, 3.63) is 0 Å². The molecule has 0 aromatic heterocycles. The van der Waals surface area contributed by atoms with E-state index in [9.17, 15) is 28.8 Å². The van der Waals surface area contributed by atoms with Gasteiger partial charge in [-0.2, -0.15) is 0 Å². The summed E-state index contributed by atoms with van der Waals surface area (Å²) in [5.74, 6) is -2.41. The van der Waals surface area contributed by atoms with Gasteiger partial charge in [0.1, 0.15) is 23.9 Å². The van der Waals surface area contributed by atoms with Crippen LogP contribution in [-0.4, -0.2) is 124 Å². The van der Waals surface area contributed by atoms with Gasteiger partial charge in [0, 0.05) is 32.4 Å². The fraction of sp³-hybridized carbons (Fsp3) is 0.864. The molecule has 0 aromatic rings. The molecule has 0 aromatic carbocycles. The maximum atomic E-state index is 12.9. The zero-order valence-corrected chi connectivity index (χ0v) is 37.9. The van der Waals surface area contributed by atoms with Crippen LogP contribution in [0.15, 0.2) is 0 Å². The molecule has 0 fully saturated rings. The van der Waals surface area contributed by atoms with Gasteiger partial charge in [0.15, 0.2) is 0 Å². The van der Waals surface area contributed by atoms with Crippen LogP contribution in [0.25, 0.3) is 0 Å². The number of carboxylic acid groups (broad SMARTS) is 1. The summed E-state index contributed by atoms with van der Waals surface area (Å²) in [6.45, 7) is 13.0. The molecule has 0 saturated heterocycles. The van der Waals surface area contributed by atoms with Gasteiger partial charge < -0.3 is 49.5 Å². The fourth-order valence-electron chi connectivity index (χ4n) is 5.76. The van der Waals surface area contributed by atoms with Crippen LogP contribution >= 0.6 is 0 Å². The summed E-state index contributed by atoms with van der Waals surface area (Å²) in [5.41, 5.74) is -1.15. The molecule has 0 aliphatic rings. The van der Waals surface area contributed by atoms with Crippen LogP contribution in [0.5, 0.6) is 0 Å². The lowest BCUT2D eigenvalue weighted by atomic mass is 10.0. The molecule has 3 amide bonds. The lowest BCUT2D eigenvalue weighted by Gasteiger charge is -2.24. The van der Waals surface area contributed by atoms with Gasteiger partial charge in [-0.05, 0) is 60.8 Å². The number of esters is 2. The molecule has 350 valence electrons. The SMILES string of the molecule is CC(C)(C)OC(=O)CCCCCCCCCCCCCCCCC(=O)N[C@@H](CCC(=O)NCCOCCOCC(=O)NCCOCCOCCC(=O)O)C(=O)OC(C)(C)C. The summed E-state index contributed by atoms with van der Waals surface area (Å²) >= 11 is 0. The Morgan fingerprint density at radius 3 is 1.38 bits per heavy atom. The molecule has 1 atom stereocenters. The number of unbranched alkanes of at least 4 members (excludes halogenated alkanes) is 13. The quantitative estimate of drug-likeness (QED) is 0.0416. The number of aliphatic carboxylic acids is 1. The summed E-state index contributed by atoms with van der Waals surface area (Å²) in [6.07, 6.45) is 16.6. The van der Waals surface area contributed by atoms with Gasteiger partial charge in [-0.1, -0.05) is 77.0 Å². The molecule has 16 nitrogen and oxygen atoms in total. The molecule has 0 radical (unpaired) electrons. The number of rotatable bonds is 39. The first-order valence-corrected chi connectivity index (χ1v) is 22.3. The van der Waals surface area contributed by atoms with E-state index in [4.69, 9.17) is 33.5 Å². The van der Waals surface area contributed by atoms with E-state index < -0.39 is 29.2 Å². The highest BCUT2D eigenvalue weighted by Crippen LogP contribution is 2.16. The first kappa shape index (κ1) is 56.7. The topological polar surface area (TPSA) is 214 Å². The Morgan fingerprint density at radius 2 is 0.900 bits per heavy atom. The zero-order valence-electron chi connectivity index (χ0n) is 37.9. The number of hydrogen-bond acceptors (Lipinski definition) is 12. The van der Waals surface area contributed by atoms with E-state index in [0.29, 0.717) is 26.0 Å². The van der Waals surface area contributed by atoms with Crippen molar-refractivity contribution in [2.24, 2.45) is 0 Å². The second-order valence-electron chi connectivity index (χ2n) is 17.0. The van der Waals surface area contributed by atoms with Gasteiger partial charge in [0.25, 0.3) is 0 Å². The molecular weight excluding hydrogens is 778 g/mol. The molecule has 0 heterocycles. The van der Waals surface area contributed by atoms with Gasteiger partial charge >= 0.3 is 17.9 Å². The lowest BCUT2D eigenvalue weighted by Crippen LogP contribution is -2.44. The molecule has 4 N–H and O–H groups in total. The number of amides is 3. The van der Waals surface area contributed by atoms with Crippen LogP contribution in [0, 0.1) is 0 Å². The first-order chi connectivity index (χ1) is 28.5. The second kappa shape index (κ2) is 36.3. The van der Waals surface area contributed by atoms with Crippen LogP contribution in [0.3, 0.4) is 0 Å². The third-order valence-electron chi connectivity index (χ3n) is 8.72. The van der Waals surface area contributed by atoms with Crippen LogP contribution < -0.4 is 16.0 Å². The molecule has 0 saturated carbocycles. The van der Waals surface area contributed by atoms with E-state index >= 15 is 0 Å². The molecule has 0 aliphatic heterocycles. The van der Waals surface area contributed by atoms with Crippen LogP contribution in [-0.2, 0) is 57.2 Å². The van der Waals surface area contributed by atoms with Gasteiger partial charge in [0.2, 0.25) is 17.7 Å². The van der Waals surface area contributed by atoms with Crippen molar-refractivity contribution < 1.29 is 62.3 Å². The summed E-state index contributed by atoms with van der Waals surface area (Å²) in [7, 11) is 0. The van der Waals surface area contributed by atoms with Crippen molar-refractivity contribution in [3.8, 4) is 0 Å². The maximum absolute atomic E-state index is 12.9. The lowest BCUT2D eigenvalue weighted by molar-refractivity contribution is -0.159. The molecular formula is C44H81N3O13. The van der Waals surface area contributed by atoms with Crippen LogP contribution in [0.2, 0.25) is 0 Å². The number of carbonyl (C=O) groups is 6. The molecule has 16 heteroatoms. The normalized spacial score (nSPS) is 12.1. The minimum absolute atomic E-state index is 0.0192. The summed E-state index contributed by atoms with van der Waals surface area (Å²) in [4.78, 5) is 72.1. The van der Waals surface area contributed by atoms with Crippen LogP contribution in [0.4, 0.5) is 0 Å². The third kappa shape index (κ3) is 41.4. The van der Waals surface area contributed by atoms with E-state index in [1.165, 1.54) is 51.4 Å². The number of hydrogen-bond donors (Lipinski definition) is 4. The Balaban J connectivity index is 3.99. The first-order valence-electron chi connectivity index (χ1n) is 22.3. The Hall–Kier alpha value is -3.34. The Morgan fingerprint density at radius 1 is 0.467 bits per heavy atom. The maximum Gasteiger partial charge on any atom is 0.329 e. The number of carbonyl (C=O) groups excluding carboxylic acids is 5. The molecule has 0 bridgehead atoms. The van der Waals surface area contributed by atoms with E-state index in [-0.39, 0.29) is 95.7 Å². The second-order valence-corrected chi connectivity index (χ2v) is 17.0. The van der Waals surface area contributed by atoms with Gasteiger partial charge in [0.05, 0.1) is 52.7 Å². The van der Waals surface area contributed by atoms with Gasteiger partial charge in [-0.3, -0.25) is 24.0 Å². The third-order valence-corrected chi connectivity index (χ3v) is 8.72. The predicted octanol–water partition coefficient (Wildman–Crippen LogP) is 5.95. The smallest absolute Gasteiger partial charge is 0.329 e. The highest BCUT2D eigenvalue weighted by molar-refractivity contribution is 5.85. The van der Waals surface area contributed by atoms with Crippen molar-refractivity contribution in [2.45, 2.75) is 181 Å². The molecule has 60 heavy (non-hydrogen) atoms. The summed E-state index contributed by atoms with van der Waals surface area (Å²) < 4.78 is 32.0. The van der Waals surface area contributed by atoms with Crippen molar-refractivity contribution in [2.75, 3.05) is 65.9 Å². The molecule has 0 unspecified atom stereocenters. The fourth-order valence-corrected chi connectivity index (χ4v) is 5.76. The van der Waals surface area contributed by atoms with Crippen molar-refractivity contribution in [1.29, 1.82) is 0 Å². The van der Waals surface area contributed by atoms with E-state index in [1.54, 1.807) is 20.8 Å². The highest BCUT2D eigenvalue weighted by Gasteiger charge is 2.27. The summed E-state index contributed by atoms with van der Waals surface area (Å²) in [6, 6.07) is -0.929. The van der Waals surface area contributed by atoms with Crippen molar-refractivity contribution in [1.82, 2.24) is 16.0 Å². The van der Waals surface area contributed by atoms with Gasteiger partial charge in [-0.25, -0.2) is 4.79 Å². The largest absolute Gasteiger partial charge is 0.481 e. The number of ether oxygens (including phenoxy) is 6. The number of nitrogens with one attached hydrogen (secondary N) is 3. The van der Waals surface area contributed by atoms with E-state index in [1.807, 2.05) is 20.8 Å². The highest BCUT2D eigenvalue weighted by atomic mass is 16.6. The summed E-state index contributed by atoms with van der Waals surface area (Å²) in [5, 5.41) is 16.7. The minimum atomic E-state index is -0.929. The van der Waals surface area contributed by atoms with Crippen LogP contribution in [0.1, 0.15) is 164 Å². The average Bonchev–Trinajstić information content (AvgIpc) is 3.15. The van der Waals surface area contributed by atoms with E-state index in [2.05, 4.69) is 16.0 Å². The average molecular weight is 860 g/mol. The molecule has 0 rings (SSSR count). The molecule has 0 spiro atoms. The zero-order chi connectivity index (χ0) is 44.9. The monoisotopic (exact) mass is 860 g/mol. The Bertz CT molecular complexity index is 1170.